The van der Waals surface area contributed by atoms with E-state index >= 15 is 0 Å². The first-order valence-electron chi connectivity index (χ1n) is 7.80. The predicted molar refractivity (Wildman–Crippen MR) is 90.2 cm³/mol. The second-order valence-corrected chi connectivity index (χ2v) is 5.80. The lowest BCUT2D eigenvalue weighted by Crippen LogP contribution is -2.23. The largest absolute Gasteiger partial charge is 0.497 e. The summed E-state index contributed by atoms with van der Waals surface area (Å²) >= 11 is 0. The first kappa shape index (κ1) is 15.4. The molecule has 0 saturated carbocycles. The van der Waals surface area contributed by atoms with Gasteiger partial charge in [0.2, 0.25) is 0 Å². The number of carbonyl (C=O) groups is 1. The highest BCUT2D eigenvalue weighted by Gasteiger charge is 2.25. The van der Waals surface area contributed by atoms with Gasteiger partial charge in [0.1, 0.15) is 5.75 Å². The van der Waals surface area contributed by atoms with E-state index in [9.17, 15) is 4.79 Å². The van der Waals surface area contributed by atoms with Crippen LogP contribution in [0.3, 0.4) is 0 Å². The molecule has 0 aliphatic heterocycles. The van der Waals surface area contributed by atoms with Gasteiger partial charge in [-0.15, -0.1) is 0 Å². The quantitative estimate of drug-likeness (QED) is 0.874. The molecule has 0 bridgehead atoms. The summed E-state index contributed by atoms with van der Waals surface area (Å²) in [6.07, 6.45) is 2.53. The molecule has 1 N–H and O–H groups in total. The molecule has 0 heterocycles. The Labute approximate surface area is 136 Å². The van der Waals surface area contributed by atoms with E-state index in [1.165, 1.54) is 18.2 Å². The van der Waals surface area contributed by atoms with Gasteiger partial charge in [0.25, 0.3) is 0 Å². The summed E-state index contributed by atoms with van der Waals surface area (Å²) in [5.74, 6) is 0.735. The van der Waals surface area contributed by atoms with Crippen LogP contribution in [-0.4, -0.2) is 20.2 Å². The van der Waals surface area contributed by atoms with Crippen molar-refractivity contribution in [1.82, 2.24) is 0 Å². The van der Waals surface area contributed by atoms with Gasteiger partial charge in [-0.2, -0.15) is 0 Å². The van der Waals surface area contributed by atoms with E-state index < -0.39 is 0 Å². The van der Waals surface area contributed by atoms with Crippen LogP contribution in [-0.2, 0) is 22.4 Å². The average molecular weight is 311 g/mol. The maximum absolute atomic E-state index is 11.7. The Morgan fingerprint density at radius 2 is 1.78 bits per heavy atom. The molecule has 1 aliphatic rings. The summed E-state index contributed by atoms with van der Waals surface area (Å²) in [6, 6.07) is 14.2. The number of anilines is 2. The molecule has 1 aliphatic carbocycles. The number of rotatable bonds is 4. The van der Waals surface area contributed by atoms with E-state index in [2.05, 4.69) is 23.5 Å². The van der Waals surface area contributed by atoms with Crippen molar-refractivity contribution >= 4 is 17.3 Å². The van der Waals surface area contributed by atoms with E-state index in [1.54, 1.807) is 7.11 Å². The Morgan fingerprint density at radius 3 is 2.48 bits per heavy atom. The smallest absolute Gasteiger partial charge is 0.309 e. The van der Waals surface area contributed by atoms with Crippen molar-refractivity contribution in [3.05, 3.63) is 53.6 Å². The van der Waals surface area contributed by atoms with Crippen LogP contribution in [0.25, 0.3) is 0 Å². The minimum Gasteiger partial charge on any atom is -0.497 e. The van der Waals surface area contributed by atoms with Crippen LogP contribution in [0.4, 0.5) is 11.4 Å². The Bertz CT molecular complexity index is 694. The molecule has 3 rings (SSSR count). The van der Waals surface area contributed by atoms with Crippen molar-refractivity contribution in [2.75, 3.05) is 19.5 Å². The molecule has 0 spiro atoms. The number of fused-ring (bicyclic) bond motifs is 1. The molecule has 0 amide bonds. The molecule has 23 heavy (non-hydrogen) atoms. The second-order valence-electron chi connectivity index (χ2n) is 5.80. The molecular formula is C19H21NO3. The van der Waals surface area contributed by atoms with Crippen molar-refractivity contribution in [3.8, 4) is 5.75 Å². The number of hydrogen-bond acceptors (Lipinski definition) is 4. The van der Waals surface area contributed by atoms with Gasteiger partial charge in [-0.25, -0.2) is 0 Å². The standard InChI is InChI=1S/C19H21NO3/c1-22-18-9-7-16(8-10-18)20-17-6-5-13-11-15(19(21)23-2)4-3-14(13)12-17/h5-10,12,15,20H,3-4,11H2,1-2H3. The van der Waals surface area contributed by atoms with E-state index in [0.717, 1.165) is 36.4 Å². The van der Waals surface area contributed by atoms with Gasteiger partial charge in [0, 0.05) is 11.4 Å². The summed E-state index contributed by atoms with van der Waals surface area (Å²) in [6.45, 7) is 0. The number of esters is 1. The van der Waals surface area contributed by atoms with Crippen molar-refractivity contribution < 1.29 is 14.3 Å². The molecule has 4 heteroatoms. The van der Waals surface area contributed by atoms with Gasteiger partial charge >= 0.3 is 5.97 Å². The molecule has 0 radical (unpaired) electrons. The van der Waals surface area contributed by atoms with Crippen LogP contribution in [0.5, 0.6) is 5.75 Å². The lowest BCUT2D eigenvalue weighted by atomic mass is 9.84. The molecular weight excluding hydrogens is 290 g/mol. The molecule has 4 nitrogen and oxygen atoms in total. The van der Waals surface area contributed by atoms with E-state index in [1.807, 2.05) is 24.3 Å². The third-order valence-electron chi connectivity index (χ3n) is 4.35. The third-order valence-corrected chi connectivity index (χ3v) is 4.35. The Kier molecular flexibility index (Phi) is 4.51. The fourth-order valence-corrected chi connectivity index (χ4v) is 3.04. The van der Waals surface area contributed by atoms with Crippen LogP contribution in [0.2, 0.25) is 0 Å². The first-order chi connectivity index (χ1) is 11.2. The second kappa shape index (κ2) is 6.73. The normalized spacial score (nSPS) is 16.3. The van der Waals surface area contributed by atoms with Crippen molar-refractivity contribution in [1.29, 1.82) is 0 Å². The molecule has 2 aromatic rings. The van der Waals surface area contributed by atoms with Crippen molar-refractivity contribution in [2.45, 2.75) is 19.3 Å². The highest BCUT2D eigenvalue weighted by Crippen LogP contribution is 2.29. The number of methoxy groups -OCH3 is 2. The molecule has 2 aromatic carbocycles. The minimum atomic E-state index is -0.101. The number of aryl methyl sites for hydroxylation is 1. The van der Waals surface area contributed by atoms with Crippen LogP contribution in [0.1, 0.15) is 17.5 Å². The Hall–Kier alpha value is -2.49. The van der Waals surface area contributed by atoms with Gasteiger partial charge in [0.15, 0.2) is 0 Å². The summed E-state index contributed by atoms with van der Waals surface area (Å²) in [5.41, 5.74) is 4.63. The van der Waals surface area contributed by atoms with Gasteiger partial charge < -0.3 is 14.8 Å². The molecule has 1 unspecified atom stereocenters. The zero-order valence-electron chi connectivity index (χ0n) is 13.5. The third kappa shape index (κ3) is 3.47. The summed E-state index contributed by atoms with van der Waals surface area (Å²) in [4.78, 5) is 11.7. The van der Waals surface area contributed by atoms with Crippen molar-refractivity contribution in [3.63, 3.8) is 0 Å². The van der Waals surface area contributed by atoms with Crippen LogP contribution >= 0.6 is 0 Å². The van der Waals surface area contributed by atoms with E-state index in [-0.39, 0.29) is 11.9 Å². The molecule has 0 saturated heterocycles. The lowest BCUT2D eigenvalue weighted by molar-refractivity contribution is -0.145. The lowest BCUT2D eigenvalue weighted by Gasteiger charge is -2.23. The number of nitrogens with one attached hydrogen (secondary N) is 1. The summed E-state index contributed by atoms with van der Waals surface area (Å²) in [5, 5.41) is 3.40. The SMILES string of the molecule is COC(=O)C1CCc2cc(Nc3ccc(OC)cc3)ccc2C1. The topological polar surface area (TPSA) is 47.6 Å². The maximum Gasteiger partial charge on any atom is 0.309 e. The van der Waals surface area contributed by atoms with Gasteiger partial charge in [-0.3, -0.25) is 4.79 Å². The number of ether oxygens (including phenoxy) is 2. The summed E-state index contributed by atoms with van der Waals surface area (Å²) < 4.78 is 10.0. The maximum atomic E-state index is 11.7. The molecule has 120 valence electrons. The van der Waals surface area contributed by atoms with Crippen molar-refractivity contribution in [2.24, 2.45) is 5.92 Å². The monoisotopic (exact) mass is 311 g/mol. The zero-order chi connectivity index (χ0) is 16.2. The fourth-order valence-electron chi connectivity index (χ4n) is 3.04. The number of benzene rings is 2. The Balaban J connectivity index is 1.72. The first-order valence-corrected chi connectivity index (χ1v) is 7.80. The van der Waals surface area contributed by atoms with Gasteiger partial charge in [-0.05, 0) is 66.8 Å². The zero-order valence-corrected chi connectivity index (χ0v) is 13.5. The van der Waals surface area contributed by atoms with Gasteiger partial charge in [0.05, 0.1) is 20.1 Å². The minimum absolute atomic E-state index is 0.00658. The highest BCUT2D eigenvalue weighted by molar-refractivity contribution is 5.73. The molecule has 0 fully saturated rings. The van der Waals surface area contributed by atoms with E-state index in [0.29, 0.717) is 0 Å². The molecule has 1 atom stereocenters. The van der Waals surface area contributed by atoms with Crippen LogP contribution in [0, 0.1) is 5.92 Å². The predicted octanol–water partition coefficient (Wildman–Crippen LogP) is 3.72. The van der Waals surface area contributed by atoms with E-state index in [4.69, 9.17) is 9.47 Å². The number of carbonyl (C=O) groups excluding carboxylic acids is 1. The molecule has 0 aromatic heterocycles. The van der Waals surface area contributed by atoms with Crippen LogP contribution in [0.15, 0.2) is 42.5 Å². The Morgan fingerprint density at radius 1 is 1.04 bits per heavy atom. The highest BCUT2D eigenvalue weighted by atomic mass is 16.5. The van der Waals surface area contributed by atoms with Gasteiger partial charge in [-0.1, -0.05) is 6.07 Å². The number of hydrogen-bond donors (Lipinski definition) is 1. The van der Waals surface area contributed by atoms with Crippen LogP contribution < -0.4 is 10.1 Å². The average Bonchev–Trinajstić information content (AvgIpc) is 2.61. The summed E-state index contributed by atoms with van der Waals surface area (Å²) in [7, 11) is 3.12. The fraction of sp³-hybridized carbons (Fsp3) is 0.316.